The number of aromatic nitrogens is 1. The Morgan fingerprint density at radius 3 is 2.46 bits per heavy atom. The van der Waals surface area contributed by atoms with E-state index in [1.54, 1.807) is 0 Å². The highest BCUT2D eigenvalue weighted by molar-refractivity contribution is 5.97. The van der Waals surface area contributed by atoms with Crippen LogP contribution in [0.25, 0.3) is 0 Å². The minimum atomic E-state index is -4.20. The first-order valence-electron chi connectivity index (χ1n) is 9.46. The fraction of sp³-hybridized carbons (Fsp3) is 0.667. The van der Waals surface area contributed by atoms with Gasteiger partial charge in [-0.15, -0.1) is 0 Å². The van der Waals surface area contributed by atoms with Crippen molar-refractivity contribution in [1.29, 1.82) is 0 Å². The zero-order chi connectivity index (χ0) is 20.5. The summed E-state index contributed by atoms with van der Waals surface area (Å²) >= 11 is 0. The van der Waals surface area contributed by atoms with E-state index in [4.69, 9.17) is 11.5 Å². The molecule has 0 spiro atoms. The highest BCUT2D eigenvalue weighted by atomic mass is 19.4. The molecule has 6 N–H and O–H groups in total. The van der Waals surface area contributed by atoms with Crippen LogP contribution in [0.1, 0.15) is 60.6 Å². The van der Waals surface area contributed by atoms with Crippen molar-refractivity contribution >= 4 is 17.4 Å². The average Bonchev–Trinajstić information content (AvgIpc) is 2.63. The fourth-order valence-corrected chi connectivity index (χ4v) is 3.91. The van der Waals surface area contributed by atoms with Crippen molar-refractivity contribution in [1.82, 2.24) is 15.6 Å². The first-order chi connectivity index (χ1) is 13.1. The molecule has 0 radical (unpaired) electrons. The van der Waals surface area contributed by atoms with Crippen LogP contribution in [0.4, 0.5) is 29.1 Å². The van der Waals surface area contributed by atoms with Crippen molar-refractivity contribution in [2.45, 2.75) is 63.0 Å². The summed E-state index contributed by atoms with van der Waals surface area (Å²) in [7, 11) is 0. The lowest BCUT2D eigenvalue weighted by molar-refractivity contribution is -0.182. The van der Waals surface area contributed by atoms with Crippen LogP contribution >= 0.6 is 0 Å². The summed E-state index contributed by atoms with van der Waals surface area (Å²) in [4.78, 5) is 17.0. The van der Waals surface area contributed by atoms with Gasteiger partial charge in [-0.3, -0.25) is 4.79 Å². The highest BCUT2D eigenvalue weighted by Gasteiger charge is 2.41. The standard InChI is InChI=1S/C18H25F4N5O/c19-10-5-6-25-14(7-10)15-12(8-13(23)16(24)27-15)17(28)26-11-3-1-9(2-4-11)18(20,21)22/h8-11,14,25H,1-7,23H2,(H2,24,27)(H,26,28). The van der Waals surface area contributed by atoms with Gasteiger partial charge in [0.1, 0.15) is 12.0 Å². The summed E-state index contributed by atoms with van der Waals surface area (Å²) < 4.78 is 52.3. The number of pyridine rings is 1. The number of anilines is 2. The second-order valence-electron chi connectivity index (χ2n) is 7.59. The third kappa shape index (κ3) is 4.65. The normalized spacial score (nSPS) is 28.7. The molecule has 2 heterocycles. The molecule has 6 nitrogen and oxygen atoms in total. The van der Waals surface area contributed by atoms with Crippen molar-refractivity contribution in [2.24, 2.45) is 5.92 Å². The first-order valence-corrected chi connectivity index (χ1v) is 9.46. The molecule has 1 amide bonds. The molecule has 3 rings (SSSR count). The van der Waals surface area contributed by atoms with Crippen molar-refractivity contribution < 1.29 is 22.4 Å². The number of nitrogens with two attached hydrogens (primary N) is 2. The summed E-state index contributed by atoms with van der Waals surface area (Å²) in [5, 5.41) is 5.91. The average molecular weight is 403 g/mol. The van der Waals surface area contributed by atoms with Crippen LogP contribution in [0.3, 0.4) is 0 Å². The molecule has 1 saturated heterocycles. The minimum Gasteiger partial charge on any atom is -0.396 e. The number of carbonyl (C=O) groups is 1. The molecule has 2 fully saturated rings. The van der Waals surface area contributed by atoms with Crippen molar-refractivity contribution in [2.75, 3.05) is 18.0 Å². The summed E-state index contributed by atoms with van der Waals surface area (Å²) in [6, 6.07) is 0.567. The third-order valence-corrected chi connectivity index (χ3v) is 5.55. The molecule has 156 valence electrons. The quantitative estimate of drug-likeness (QED) is 0.581. The maximum Gasteiger partial charge on any atom is 0.391 e. The summed E-state index contributed by atoms with van der Waals surface area (Å²) in [6.07, 6.45) is -4.21. The second-order valence-corrected chi connectivity index (χ2v) is 7.59. The van der Waals surface area contributed by atoms with Gasteiger partial charge < -0.3 is 22.1 Å². The Morgan fingerprint density at radius 1 is 1.18 bits per heavy atom. The fourth-order valence-electron chi connectivity index (χ4n) is 3.91. The molecule has 1 aromatic heterocycles. The van der Waals surface area contributed by atoms with Crippen LogP contribution < -0.4 is 22.1 Å². The summed E-state index contributed by atoms with van der Waals surface area (Å²) in [5.74, 6) is -1.74. The van der Waals surface area contributed by atoms with Crippen LogP contribution in [0.15, 0.2) is 6.07 Å². The molecular formula is C18H25F4N5O. The SMILES string of the molecule is Nc1cc(C(=O)NC2CCC(C(F)(F)F)CC2)c(C2CC(F)CCN2)nc1N. The molecule has 1 saturated carbocycles. The molecule has 2 aliphatic rings. The van der Waals surface area contributed by atoms with Gasteiger partial charge in [0.2, 0.25) is 0 Å². The number of hydrogen-bond acceptors (Lipinski definition) is 5. The Morgan fingerprint density at radius 2 is 1.86 bits per heavy atom. The molecule has 0 bridgehead atoms. The number of nitrogens with zero attached hydrogens (tertiary/aromatic N) is 1. The number of nitrogens with one attached hydrogen (secondary N) is 2. The maximum absolute atomic E-state index is 13.8. The largest absolute Gasteiger partial charge is 0.396 e. The number of alkyl halides is 4. The molecule has 1 aliphatic heterocycles. The van der Waals surface area contributed by atoms with Crippen LogP contribution in [0.2, 0.25) is 0 Å². The van der Waals surface area contributed by atoms with E-state index in [-0.39, 0.29) is 55.2 Å². The topological polar surface area (TPSA) is 106 Å². The van der Waals surface area contributed by atoms with Gasteiger partial charge in [0.15, 0.2) is 0 Å². The number of amides is 1. The second kappa shape index (κ2) is 8.10. The van der Waals surface area contributed by atoms with Gasteiger partial charge in [0.25, 0.3) is 5.91 Å². The van der Waals surface area contributed by atoms with E-state index >= 15 is 0 Å². The smallest absolute Gasteiger partial charge is 0.391 e. The van der Waals surface area contributed by atoms with Gasteiger partial charge >= 0.3 is 6.18 Å². The Bertz CT molecular complexity index is 719. The predicted octanol–water partition coefficient (Wildman–Crippen LogP) is 2.86. The number of rotatable bonds is 3. The number of piperidine rings is 1. The van der Waals surface area contributed by atoms with E-state index in [0.717, 1.165) is 0 Å². The monoisotopic (exact) mass is 403 g/mol. The predicted molar refractivity (Wildman–Crippen MR) is 97.2 cm³/mol. The van der Waals surface area contributed by atoms with Gasteiger partial charge in [0, 0.05) is 6.04 Å². The van der Waals surface area contributed by atoms with E-state index in [2.05, 4.69) is 15.6 Å². The zero-order valence-electron chi connectivity index (χ0n) is 15.4. The van der Waals surface area contributed by atoms with Gasteiger partial charge in [-0.2, -0.15) is 13.2 Å². The van der Waals surface area contributed by atoms with E-state index in [1.807, 2.05) is 0 Å². The van der Waals surface area contributed by atoms with Crippen LogP contribution in [0, 0.1) is 5.92 Å². The lowest BCUT2D eigenvalue weighted by Gasteiger charge is -2.31. The number of nitrogen functional groups attached to an aromatic ring is 2. The van der Waals surface area contributed by atoms with Crippen molar-refractivity contribution in [3.63, 3.8) is 0 Å². The van der Waals surface area contributed by atoms with Gasteiger partial charge in [-0.25, -0.2) is 9.37 Å². The molecule has 2 unspecified atom stereocenters. The molecular weight excluding hydrogens is 378 g/mol. The Hall–Kier alpha value is -2.10. The van der Waals surface area contributed by atoms with Crippen LogP contribution in [0.5, 0.6) is 0 Å². The minimum absolute atomic E-state index is 0.0167. The van der Waals surface area contributed by atoms with E-state index in [1.165, 1.54) is 6.07 Å². The lowest BCUT2D eigenvalue weighted by atomic mass is 9.85. The molecule has 1 aromatic rings. The highest BCUT2D eigenvalue weighted by Crippen LogP contribution is 2.37. The Balaban J connectivity index is 1.73. The van der Waals surface area contributed by atoms with E-state index < -0.39 is 30.2 Å². The number of halogens is 4. The van der Waals surface area contributed by atoms with Gasteiger partial charge in [0.05, 0.1) is 28.9 Å². The Kier molecular flexibility index (Phi) is 5.97. The first kappa shape index (κ1) is 20.6. The van der Waals surface area contributed by atoms with Crippen molar-refractivity contribution in [3.8, 4) is 0 Å². The van der Waals surface area contributed by atoms with Crippen LogP contribution in [-0.2, 0) is 0 Å². The number of carbonyl (C=O) groups excluding carboxylic acids is 1. The van der Waals surface area contributed by atoms with E-state index in [0.29, 0.717) is 18.7 Å². The van der Waals surface area contributed by atoms with Gasteiger partial charge in [-0.1, -0.05) is 0 Å². The lowest BCUT2D eigenvalue weighted by Crippen LogP contribution is -2.41. The summed E-state index contributed by atoms with van der Waals surface area (Å²) in [6.45, 7) is 0.445. The number of hydrogen-bond donors (Lipinski definition) is 4. The molecule has 10 heteroatoms. The molecule has 28 heavy (non-hydrogen) atoms. The molecule has 2 atom stereocenters. The van der Waals surface area contributed by atoms with Crippen molar-refractivity contribution in [3.05, 3.63) is 17.3 Å². The Labute approximate surface area is 160 Å². The van der Waals surface area contributed by atoms with Crippen LogP contribution in [-0.4, -0.2) is 35.8 Å². The zero-order valence-corrected chi connectivity index (χ0v) is 15.4. The maximum atomic E-state index is 13.8. The summed E-state index contributed by atoms with van der Waals surface area (Å²) in [5.41, 5.74) is 12.2. The van der Waals surface area contributed by atoms with E-state index in [9.17, 15) is 22.4 Å². The van der Waals surface area contributed by atoms with Gasteiger partial charge in [-0.05, 0) is 51.1 Å². The molecule has 0 aromatic carbocycles. The third-order valence-electron chi connectivity index (χ3n) is 5.55. The molecule has 1 aliphatic carbocycles.